The Labute approximate surface area is 110 Å². The molecule has 86 valence electrons. The number of hydrogen-bond donors (Lipinski definition) is 1. The van der Waals surface area contributed by atoms with Gasteiger partial charge in [-0.05, 0) is 28.1 Å². The lowest BCUT2D eigenvalue weighted by atomic mass is 10.2. The van der Waals surface area contributed by atoms with E-state index >= 15 is 0 Å². The van der Waals surface area contributed by atoms with Gasteiger partial charge in [0.05, 0.1) is 17.0 Å². The van der Waals surface area contributed by atoms with Crippen molar-refractivity contribution >= 4 is 49.5 Å². The second-order valence-electron chi connectivity index (χ2n) is 3.55. The molecule has 4 nitrogen and oxygen atoms in total. The van der Waals surface area contributed by atoms with Gasteiger partial charge in [-0.3, -0.25) is 0 Å². The Kier molecular flexibility index (Phi) is 2.45. The van der Waals surface area contributed by atoms with Gasteiger partial charge in [0.2, 0.25) is 0 Å². The third-order valence-corrected chi connectivity index (χ3v) is 3.52. The number of methoxy groups -OCH3 is 1. The highest BCUT2D eigenvalue weighted by atomic mass is 79.9. The molecule has 2 heterocycles. The molecule has 1 N–H and O–H groups in total. The van der Waals surface area contributed by atoms with Gasteiger partial charge in [-0.2, -0.15) is 0 Å². The van der Waals surface area contributed by atoms with E-state index in [2.05, 4.69) is 30.9 Å². The van der Waals surface area contributed by atoms with E-state index < -0.39 is 0 Å². The molecule has 0 unspecified atom stereocenters. The van der Waals surface area contributed by atoms with Gasteiger partial charge >= 0.3 is 0 Å². The highest BCUT2D eigenvalue weighted by molar-refractivity contribution is 9.10. The molecule has 3 aromatic rings. The molecule has 6 heteroatoms. The van der Waals surface area contributed by atoms with Crippen molar-refractivity contribution in [3.63, 3.8) is 0 Å². The van der Waals surface area contributed by atoms with Crippen molar-refractivity contribution < 1.29 is 4.74 Å². The number of aromatic amines is 1. The maximum Gasteiger partial charge on any atom is 0.143 e. The molecule has 0 spiro atoms. The molecule has 0 amide bonds. The maximum absolute atomic E-state index is 6.09. The topological polar surface area (TPSA) is 50.8 Å². The van der Waals surface area contributed by atoms with Gasteiger partial charge < -0.3 is 9.72 Å². The Balaban J connectivity index is 2.51. The second-order valence-corrected chi connectivity index (χ2v) is 4.76. The van der Waals surface area contributed by atoms with Crippen molar-refractivity contribution in [3.05, 3.63) is 28.1 Å². The molecule has 0 aliphatic rings. The van der Waals surface area contributed by atoms with E-state index in [-0.39, 0.29) is 0 Å². The summed E-state index contributed by atoms with van der Waals surface area (Å²) in [6, 6.07) is 3.85. The highest BCUT2D eigenvalue weighted by Crippen LogP contribution is 2.35. The van der Waals surface area contributed by atoms with E-state index in [1.165, 1.54) is 6.33 Å². The van der Waals surface area contributed by atoms with E-state index in [1.807, 2.05) is 12.1 Å². The summed E-state index contributed by atoms with van der Waals surface area (Å²) in [5.74, 6) is 0.748. The number of H-pyrrole nitrogens is 1. The number of rotatable bonds is 1. The van der Waals surface area contributed by atoms with Crippen molar-refractivity contribution in [1.29, 1.82) is 0 Å². The number of ether oxygens (including phenoxy) is 1. The molecule has 0 bridgehead atoms. The number of benzene rings is 1. The van der Waals surface area contributed by atoms with Crippen LogP contribution >= 0.6 is 27.5 Å². The molecule has 0 aliphatic heterocycles. The van der Waals surface area contributed by atoms with Crippen LogP contribution in [0, 0.1) is 0 Å². The van der Waals surface area contributed by atoms with E-state index in [9.17, 15) is 0 Å². The standard InChI is InChI=1S/C11H7BrClN3O/c1-17-8-2-5-7(3-6(8)12)16-11-9(5)10(13)14-4-15-11/h2-4H,1H3,(H,14,15,16). The predicted octanol–water partition coefficient (Wildman–Crippen LogP) is 3.54. The maximum atomic E-state index is 6.09. The van der Waals surface area contributed by atoms with E-state index in [4.69, 9.17) is 16.3 Å². The summed E-state index contributed by atoms with van der Waals surface area (Å²) in [5, 5.41) is 2.20. The Morgan fingerprint density at radius 3 is 2.94 bits per heavy atom. The van der Waals surface area contributed by atoms with Crippen LogP contribution in [0.15, 0.2) is 22.9 Å². The fraction of sp³-hybridized carbons (Fsp3) is 0.0909. The number of fused-ring (bicyclic) bond motifs is 3. The van der Waals surface area contributed by atoms with Crippen molar-refractivity contribution in [2.24, 2.45) is 0 Å². The summed E-state index contributed by atoms with van der Waals surface area (Å²) in [6.45, 7) is 0. The van der Waals surface area contributed by atoms with Crippen LogP contribution in [0.25, 0.3) is 21.9 Å². The molecule has 0 aliphatic carbocycles. The molecular weight excluding hydrogens is 305 g/mol. The van der Waals surface area contributed by atoms with Crippen molar-refractivity contribution in [2.75, 3.05) is 7.11 Å². The van der Waals surface area contributed by atoms with Gasteiger partial charge in [-0.15, -0.1) is 0 Å². The van der Waals surface area contributed by atoms with Gasteiger partial charge in [0.25, 0.3) is 0 Å². The average Bonchev–Trinajstić information content (AvgIpc) is 2.66. The second kappa shape index (κ2) is 3.85. The minimum atomic E-state index is 0.436. The van der Waals surface area contributed by atoms with Crippen molar-refractivity contribution in [2.45, 2.75) is 0 Å². The predicted molar refractivity (Wildman–Crippen MR) is 70.7 cm³/mol. The van der Waals surface area contributed by atoms with Crippen LogP contribution in [-0.2, 0) is 0 Å². The van der Waals surface area contributed by atoms with Crippen molar-refractivity contribution in [1.82, 2.24) is 15.0 Å². The lowest BCUT2D eigenvalue weighted by Crippen LogP contribution is -1.84. The van der Waals surface area contributed by atoms with Crippen LogP contribution in [-0.4, -0.2) is 22.1 Å². The summed E-state index contributed by atoms with van der Waals surface area (Å²) >= 11 is 9.53. The Morgan fingerprint density at radius 2 is 2.18 bits per heavy atom. The zero-order chi connectivity index (χ0) is 12.0. The van der Waals surface area contributed by atoms with Gasteiger partial charge in [-0.25, -0.2) is 9.97 Å². The fourth-order valence-corrected chi connectivity index (χ4v) is 2.59. The van der Waals surface area contributed by atoms with Crippen LogP contribution < -0.4 is 4.74 Å². The quantitative estimate of drug-likeness (QED) is 0.699. The molecule has 0 saturated carbocycles. The molecule has 0 fully saturated rings. The van der Waals surface area contributed by atoms with Crippen LogP contribution in [0.5, 0.6) is 5.75 Å². The molecule has 0 saturated heterocycles. The minimum absolute atomic E-state index is 0.436. The molecule has 0 radical (unpaired) electrons. The van der Waals surface area contributed by atoms with Gasteiger partial charge in [-0.1, -0.05) is 11.6 Å². The number of aromatic nitrogens is 3. The fourth-order valence-electron chi connectivity index (χ4n) is 1.85. The normalized spacial score (nSPS) is 11.2. The van der Waals surface area contributed by atoms with Gasteiger partial charge in [0, 0.05) is 10.9 Å². The first kappa shape index (κ1) is 10.8. The lowest BCUT2D eigenvalue weighted by molar-refractivity contribution is 0.413. The largest absolute Gasteiger partial charge is 0.496 e. The Bertz CT molecular complexity index is 725. The summed E-state index contributed by atoms with van der Waals surface area (Å²) in [5.41, 5.74) is 1.66. The summed E-state index contributed by atoms with van der Waals surface area (Å²) in [7, 11) is 1.62. The molecule has 2 aromatic heterocycles. The highest BCUT2D eigenvalue weighted by Gasteiger charge is 2.12. The van der Waals surface area contributed by atoms with Crippen LogP contribution in [0.3, 0.4) is 0 Å². The number of nitrogens with zero attached hydrogens (tertiary/aromatic N) is 2. The van der Waals surface area contributed by atoms with Crippen molar-refractivity contribution in [3.8, 4) is 5.75 Å². The molecule has 17 heavy (non-hydrogen) atoms. The lowest BCUT2D eigenvalue weighted by Gasteiger charge is -2.02. The van der Waals surface area contributed by atoms with E-state index in [0.29, 0.717) is 5.15 Å². The third kappa shape index (κ3) is 1.57. The first-order valence-corrected chi connectivity index (χ1v) is 6.03. The first-order valence-electron chi connectivity index (χ1n) is 4.86. The Morgan fingerprint density at radius 1 is 1.35 bits per heavy atom. The molecule has 3 rings (SSSR count). The third-order valence-electron chi connectivity index (χ3n) is 2.62. The number of halogens is 2. The van der Waals surface area contributed by atoms with Crippen LogP contribution in [0.2, 0.25) is 5.15 Å². The zero-order valence-corrected chi connectivity index (χ0v) is 11.1. The van der Waals surface area contributed by atoms with Crippen LogP contribution in [0.1, 0.15) is 0 Å². The van der Waals surface area contributed by atoms with E-state index in [1.54, 1.807) is 7.11 Å². The van der Waals surface area contributed by atoms with E-state index in [0.717, 1.165) is 32.2 Å². The SMILES string of the molecule is COc1cc2c(cc1Br)[nH]c1ncnc(Cl)c12. The van der Waals surface area contributed by atoms with Crippen LogP contribution in [0.4, 0.5) is 0 Å². The average molecular weight is 313 g/mol. The first-order chi connectivity index (χ1) is 8.20. The zero-order valence-electron chi connectivity index (χ0n) is 8.79. The monoisotopic (exact) mass is 311 g/mol. The summed E-state index contributed by atoms with van der Waals surface area (Å²) in [6.07, 6.45) is 1.44. The summed E-state index contributed by atoms with van der Waals surface area (Å²) < 4.78 is 6.14. The number of nitrogens with one attached hydrogen (secondary N) is 1. The Hall–Kier alpha value is -1.33. The molecule has 0 atom stereocenters. The summed E-state index contributed by atoms with van der Waals surface area (Å²) in [4.78, 5) is 11.3. The number of hydrogen-bond acceptors (Lipinski definition) is 3. The minimum Gasteiger partial charge on any atom is -0.496 e. The molecule has 1 aromatic carbocycles. The smallest absolute Gasteiger partial charge is 0.143 e. The van der Waals surface area contributed by atoms with Gasteiger partial charge in [0.15, 0.2) is 0 Å². The molecular formula is C11H7BrClN3O. The van der Waals surface area contributed by atoms with Gasteiger partial charge in [0.1, 0.15) is 22.9 Å².